The first-order valence-electron chi connectivity index (χ1n) is 12.9. The summed E-state index contributed by atoms with van der Waals surface area (Å²) in [6, 6.07) is 25.2. The van der Waals surface area contributed by atoms with Crippen LogP contribution in [0.3, 0.4) is 0 Å². The van der Waals surface area contributed by atoms with Gasteiger partial charge in [-0.15, -0.1) is 0 Å². The zero-order valence-electron chi connectivity index (χ0n) is 20.5. The molecule has 2 aliphatic heterocycles. The van der Waals surface area contributed by atoms with Crippen LogP contribution < -0.4 is 0 Å². The highest BCUT2D eigenvalue weighted by atomic mass is 16.6. The van der Waals surface area contributed by atoms with Crippen molar-refractivity contribution in [3.63, 3.8) is 0 Å². The molecule has 35 heavy (non-hydrogen) atoms. The molecule has 4 nitrogen and oxygen atoms in total. The van der Waals surface area contributed by atoms with E-state index in [4.69, 9.17) is 4.74 Å². The smallest absolute Gasteiger partial charge is 0.410 e. The SMILES string of the molecule is CC(C)c1ccc(C2(O)CC3CCC(C2)N3C(=O)OCC2c3ccccc3-c3ccccc32)cc1. The van der Waals surface area contributed by atoms with Crippen molar-refractivity contribution in [3.8, 4) is 11.1 Å². The average Bonchev–Trinajstić information content (AvgIpc) is 3.34. The number of aliphatic hydroxyl groups is 1. The standard InChI is InChI=1S/C31H33NO3/c1-20(2)21-11-13-22(14-12-21)31(34)17-23-15-16-24(18-31)32(23)30(33)35-19-29-27-9-5-3-7-25(27)26-8-4-6-10-28(26)29/h3-14,20,23-24,29,34H,15-19H2,1-2H3. The predicted octanol–water partition coefficient (Wildman–Crippen LogP) is 6.57. The largest absolute Gasteiger partial charge is 0.448 e. The maximum atomic E-state index is 13.3. The van der Waals surface area contributed by atoms with Gasteiger partial charge in [0.15, 0.2) is 0 Å². The number of hydrogen-bond donors (Lipinski definition) is 1. The Bertz CT molecular complexity index is 1190. The first-order chi connectivity index (χ1) is 16.9. The minimum atomic E-state index is -0.887. The molecule has 2 unspecified atom stereocenters. The Hall–Kier alpha value is -3.11. The van der Waals surface area contributed by atoms with Gasteiger partial charge in [-0.2, -0.15) is 0 Å². The van der Waals surface area contributed by atoms with Crippen molar-refractivity contribution < 1.29 is 14.6 Å². The Morgan fingerprint density at radius 1 is 0.914 bits per heavy atom. The second-order valence-electron chi connectivity index (χ2n) is 10.8. The Balaban J connectivity index is 1.17. The molecule has 3 aliphatic rings. The summed E-state index contributed by atoms with van der Waals surface area (Å²) in [5, 5.41) is 11.6. The molecule has 2 heterocycles. The number of ether oxygens (including phenoxy) is 1. The number of benzene rings is 3. The fourth-order valence-corrected chi connectivity index (χ4v) is 6.61. The van der Waals surface area contributed by atoms with Crippen molar-refractivity contribution in [2.75, 3.05) is 6.61 Å². The Morgan fingerprint density at radius 3 is 2.00 bits per heavy atom. The molecule has 3 aromatic rings. The number of carbonyl (C=O) groups excluding carboxylic acids is 1. The summed E-state index contributed by atoms with van der Waals surface area (Å²) in [6.07, 6.45) is 2.72. The first kappa shape index (κ1) is 22.4. The third kappa shape index (κ3) is 3.75. The summed E-state index contributed by atoms with van der Waals surface area (Å²) in [5.41, 5.74) is 6.26. The molecule has 2 bridgehead atoms. The molecular weight excluding hydrogens is 434 g/mol. The van der Waals surface area contributed by atoms with E-state index in [1.54, 1.807) is 0 Å². The van der Waals surface area contributed by atoms with Gasteiger partial charge >= 0.3 is 6.09 Å². The van der Waals surface area contributed by atoms with Gasteiger partial charge in [0.05, 0.1) is 5.60 Å². The van der Waals surface area contributed by atoms with E-state index in [0.29, 0.717) is 25.4 Å². The van der Waals surface area contributed by atoms with Crippen LogP contribution in [0.2, 0.25) is 0 Å². The minimum Gasteiger partial charge on any atom is -0.448 e. The minimum absolute atomic E-state index is 0.0131. The molecule has 2 saturated heterocycles. The van der Waals surface area contributed by atoms with Crippen molar-refractivity contribution >= 4 is 6.09 Å². The number of rotatable bonds is 4. The molecule has 0 radical (unpaired) electrons. The molecule has 2 atom stereocenters. The van der Waals surface area contributed by atoms with Gasteiger partial charge in [0.25, 0.3) is 0 Å². The molecule has 180 valence electrons. The molecule has 1 amide bonds. The summed E-state index contributed by atoms with van der Waals surface area (Å²) in [5.74, 6) is 0.524. The third-order valence-corrected chi connectivity index (χ3v) is 8.43. The van der Waals surface area contributed by atoms with E-state index in [1.807, 2.05) is 4.90 Å². The van der Waals surface area contributed by atoms with Crippen LogP contribution in [0, 0.1) is 0 Å². The fraction of sp³-hybridized carbons (Fsp3) is 0.387. The summed E-state index contributed by atoms with van der Waals surface area (Å²) in [7, 11) is 0. The molecule has 3 aromatic carbocycles. The lowest BCUT2D eigenvalue weighted by molar-refractivity contribution is -0.0531. The van der Waals surface area contributed by atoms with E-state index in [1.165, 1.54) is 27.8 Å². The molecule has 1 aliphatic carbocycles. The van der Waals surface area contributed by atoms with Gasteiger partial charge in [-0.25, -0.2) is 4.79 Å². The van der Waals surface area contributed by atoms with Crippen molar-refractivity contribution in [2.24, 2.45) is 0 Å². The van der Waals surface area contributed by atoms with Crippen LogP contribution in [0.1, 0.15) is 73.6 Å². The quantitative estimate of drug-likeness (QED) is 0.472. The van der Waals surface area contributed by atoms with E-state index in [-0.39, 0.29) is 24.1 Å². The molecular formula is C31H33NO3. The summed E-state index contributed by atoms with van der Waals surface area (Å²) in [6.45, 7) is 4.69. The van der Waals surface area contributed by atoms with E-state index >= 15 is 0 Å². The fourth-order valence-electron chi connectivity index (χ4n) is 6.61. The van der Waals surface area contributed by atoms with Crippen molar-refractivity contribution in [3.05, 3.63) is 95.1 Å². The predicted molar refractivity (Wildman–Crippen MR) is 137 cm³/mol. The Kier molecular flexibility index (Phi) is 5.45. The van der Waals surface area contributed by atoms with Crippen LogP contribution in [-0.2, 0) is 10.3 Å². The highest BCUT2D eigenvalue weighted by Crippen LogP contribution is 2.47. The van der Waals surface area contributed by atoms with Gasteiger partial charge < -0.3 is 14.7 Å². The lowest BCUT2D eigenvalue weighted by Crippen LogP contribution is -2.52. The van der Waals surface area contributed by atoms with Crippen molar-refractivity contribution in [1.29, 1.82) is 0 Å². The maximum Gasteiger partial charge on any atom is 0.410 e. The molecule has 6 rings (SSSR count). The first-order valence-corrected chi connectivity index (χ1v) is 12.9. The van der Waals surface area contributed by atoms with Gasteiger partial charge in [0.2, 0.25) is 0 Å². The zero-order valence-corrected chi connectivity index (χ0v) is 20.5. The Morgan fingerprint density at radius 2 is 1.46 bits per heavy atom. The van der Waals surface area contributed by atoms with Crippen LogP contribution in [-0.4, -0.2) is 34.8 Å². The molecule has 0 saturated carbocycles. The normalized spacial score (nSPS) is 25.0. The van der Waals surface area contributed by atoms with Crippen LogP contribution in [0.5, 0.6) is 0 Å². The molecule has 4 heteroatoms. The van der Waals surface area contributed by atoms with E-state index in [2.05, 4.69) is 86.6 Å². The maximum absolute atomic E-state index is 13.3. The molecule has 2 fully saturated rings. The monoisotopic (exact) mass is 467 g/mol. The van der Waals surface area contributed by atoms with Crippen molar-refractivity contribution in [2.45, 2.75) is 69.1 Å². The zero-order chi connectivity index (χ0) is 24.2. The Labute approximate surface area is 207 Å². The lowest BCUT2D eigenvalue weighted by atomic mass is 9.80. The molecule has 0 spiro atoms. The number of amides is 1. The number of piperidine rings is 1. The summed E-state index contributed by atoms with van der Waals surface area (Å²) in [4.78, 5) is 15.2. The van der Waals surface area contributed by atoms with E-state index in [9.17, 15) is 9.90 Å². The topological polar surface area (TPSA) is 49.8 Å². The van der Waals surface area contributed by atoms with Gasteiger partial charge in [-0.3, -0.25) is 0 Å². The number of fused-ring (bicyclic) bond motifs is 5. The van der Waals surface area contributed by atoms with Crippen LogP contribution in [0.4, 0.5) is 4.79 Å². The van der Waals surface area contributed by atoms with Crippen LogP contribution >= 0.6 is 0 Å². The van der Waals surface area contributed by atoms with E-state index in [0.717, 1.165) is 18.4 Å². The van der Waals surface area contributed by atoms with Crippen LogP contribution in [0.15, 0.2) is 72.8 Å². The van der Waals surface area contributed by atoms with Crippen LogP contribution in [0.25, 0.3) is 11.1 Å². The number of nitrogens with zero attached hydrogens (tertiary/aromatic N) is 1. The van der Waals surface area contributed by atoms with Gasteiger partial charge in [0, 0.05) is 30.8 Å². The van der Waals surface area contributed by atoms with Gasteiger partial charge in [-0.1, -0.05) is 86.6 Å². The summed E-state index contributed by atoms with van der Waals surface area (Å²) < 4.78 is 5.98. The average molecular weight is 468 g/mol. The van der Waals surface area contributed by atoms with Gasteiger partial charge in [-0.05, 0) is 52.1 Å². The number of carbonyl (C=O) groups is 1. The molecule has 1 N–H and O–H groups in total. The lowest BCUT2D eigenvalue weighted by Gasteiger charge is -2.43. The highest BCUT2D eigenvalue weighted by Gasteiger charge is 2.50. The summed E-state index contributed by atoms with van der Waals surface area (Å²) >= 11 is 0. The van der Waals surface area contributed by atoms with Gasteiger partial charge in [0.1, 0.15) is 6.61 Å². The second kappa shape index (κ2) is 8.53. The second-order valence-corrected chi connectivity index (χ2v) is 10.8. The van der Waals surface area contributed by atoms with E-state index < -0.39 is 5.60 Å². The third-order valence-electron chi connectivity index (χ3n) is 8.43. The van der Waals surface area contributed by atoms with Crippen molar-refractivity contribution in [1.82, 2.24) is 4.90 Å². The molecule has 0 aromatic heterocycles. The highest BCUT2D eigenvalue weighted by molar-refractivity contribution is 5.79. The number of hydrogen-bond acceptors (Lipinski definition) is 3.